The van der Waals surface area contributed by atoms with E-state index < -0.39 is 22.5 Å². The van der Waals surface area contributed by atoms with Crippen LogP contribution in [0.15, 0.2) is 54.2 Å². The first kappa shape index (κ1) is 23.9. The quantitative estimate of drug-likeness (QED) is 0.345. The average Bonchev–Trinajstić information content (AvgIpc) is 2.69. The monoisotopic (exact) mass is 445 g/mol. The standard InChI is InChI=1S/C22H27N3O5S/c1-6-9-30-20-8-7-18(13-21(20)29-4)14-23-24-22(26)15-25(31(5,27)28)19-11-16(2)10-17(3)12-19/h6-8,10-14H,1,9,15H2,2-5H3,(H,24,26)/b23-14-. The fourth-order valence-corrected chi connectivity index (χ4v) is 3.71. The Bertz CT molecular complexity index is 1060. The maximum Gasteiger partial charge on any atom is 0.260 e. The molecule has 166 valence electrons. The molecule has 9 heteroatoms. The summed E-state index contributed by atoms with van der Waals surface area (Å²) in [6.07, 6.45) is 4.12. The van der Waals surface area contributed by atoms with Crippen LogP contribution in [-0.2, 0) is 14.8 Å². The fraction of sp³-hybridized carbons (Fsp3) is 0.273. The highest BCUT2D eigenvalue weighted by Gasteiger charge is 2.21. The van der Waals surface area contributed by atoms with Crippen LogP contribution in [0.4, 0.5) is 5.69 Å². The van der Waals surface area contributed by atoms with E-state index >= 15 is 0 Å². The second kappa shape index (κ2) is 10.6. The number of carbonyl (C=O) groups is 1. The van der Waals surface area contributed by atoms with Crippen LogP contribution in [-0.4, -0.2) is 47.1 Å². The lowest BCUT2D eigenvalue weighted by molar-refractivity contribution is -0.119. The summed E-state index contributed by atoms with van der Waals surface area (Å²) in [5.41, 5.74) is 5.25. The highest BCUT2D eigenvalue weighted by atomic mass is 32.2. The van der Waals surface area contributed by atoms with Gasteiger partial charge in [0.05, 0.1) is 25.3 Å². The molecule has 0 aliphatic rings. The van der Waals surface area contributed by atoms with Gasteiger partial charge in [0, 0.05) is 0 Å². The molecule has 0 bridgehead atoms. The fourth-order valence-electron chi connectivity index (χ4n) is 2.87. The lowest BCUT2D eigenvalue weighted by Gasteiger charge is -2.22. The number of hydrogen-bond donors (Lipinski definition) is 1. The van der Waals surface area contributed by atoms with Gasteiger partial charge in [0.1, 0.15) is 13.2 Å². The van der Waals surface area contributed by atoms with Gasteiger partial charge in [-0.2, -0.15) is 5.10 Å². The van der Waals surface area contributed by atoms with Crippen LogP contribution >= 0.6 is 0 Å². The van der Waals surface area contributed by atoms with Crippen LogP contribution in [0.5, 0.6) is 11.5 Å². The molecule has 0 aliphatic carbocycles. The third kappa shape index (κ3) is 7.14. The average molecular weight is 446 g/mol. The summed E-state index contributed by atoms with van der Waals surface area (Å²) in [6, 6.07) is 10.5. The lowest BCUT2D eigenvalue weighted by atomic mass is 10.1. The molecule has 2 rings (SSSR count). The van der Waals surface area contributed by atoms with E-state index in [-0.39, 0.29) is 0 Å². The smallest absolute Gasteiger partial charge is 0.260 e. The zero-order valence-corrected chi connectivity index (χ0v) is 18.9. The highest BCUT2D eigenvalue weighted by Crippen LogP contribution is 2.27. The summed E-state index contributed by atoms with van der Waals surface area (Å²) in [5, 5.41) is 3.91. The normalized spacial score (nSPS) is 11.2. The topological polar surface area (TPSA) is 97.3 Å². The number of nitrogens with one attached hydrogen (secondary N) is 1. The van der Waals surface area contributed by atoms with Crippen molar-refractivity contribution in [3.05, 3.63) is 65.7 Å². The summed E-state index contributed by atoms with van der Waals surface area (Å²) in [6.45, 7) is 7.28. The number of nitrogens with zero attached hydrogens (tertiary/aromatic N) is 2. The zero-order valence-electron chi connectivity index (χ0n) is 18.1. The Morgan fingerprint density at radius 2 is 1.84 bits per heavy atom. The van der Waals surface area contributed by atoms with Crippen LogP contribution < -0.4 is 19.2 Å². The Morgan fingerprint density at radius 3 is 2.42 bits per heavy atom. The Labute approximate surface area is 183 Å². The first-order valence-corrected chi connectivity index (χ1v) is 11.3. The number of sulfonamides is 1. The van der Waals surface area contributed by atoms with Crippen molar-refractivity contribution in [3.63, 3.8) is 0 Å². The van der Waals surface area contributed by atoms with E-state index in [4.69, 9.17) is 9.47 Å². The van der Waals surface area contributed by atoms with Crippen molar-refractivity contribution in [1.29, 1.82) is 0 Å². The van der Waals surface area contributed by atoms with Crippen molar-refractivity contribution < 1.29 is 22.7 Å². The molecule has 0 aromatic heterocycles. The minimum absolute atomic E-state index is 0.344. The molecule has 2 aromatic carbocycles. The number of rotatable bonds is 10. The molecule has 2 aromatic rings. The molecule has 0 unspecified atom stereocenters. The number of benzene rings is 2. The number of amides is 1. The van der Waals surface area contributed by atoms with Gasteiger partial charge in [-0.25, -0.2) is 13.8 Å². The minimum Gasteiger partial charge on any atom is -0.493 e. The minimum atomic E-state index is -3.66. The van der Waals surface area contributed by atoms with Crippen LogP contribution in [0, 0.1) is 13.8 Å². The number of methoxy groups -OCH3 is 1. The molecule has 0 radical (unpaired) electrons. The SMILES string of the molecule is C=CCOc1ccc(/C=N\NC(=O)CN(c2cc(C)cc(C)c2)S(C)(=O)=O)cc1OC. The Morgan fingerprint density at radius 1 is 1.16 bits per heavy atom. The van der Waals surface area contributed by atoms with Gasteiger partial charge in [-0.05, 0) is 60.9 Å². The van der Waals surface area contributed by atoms with Gasteiger partial charge in [0.25, 0.3) is 5.91 Å². The van der Waals surface area contributed by atoms with Gasteiger partial charge < -0.3 is 9.47 Å². The van der Waals surface area contributed by atoms with E-state index in [9.17, 15) is 13.2 Å². The molecule has 8 nitrogen and oxygen atoms in total. The predicted octanol–water partition coefficient (Wildman–Crippen LogP) is 2.79. The first-order chi connectivity index (χ1) is 14.6. The second-order valence-electron chi connectivity index (χ2n) is 6.92. The molecule has 1 N–H and O–H groups in total. The summed E-state index contributed by atoms with van der Waals surface area (Å²) < 4.78 is 36.3. The maximum absolute atomic E-state index is 12.3. The summed E-state index contributed by atoms with van der Waals surface area (Å²) >= 11 is 0. The van der Waals surface area contributed by atoms with Crippen molar-refractivity contribution in [2.45, 2.75) is 13.8 Å². The number of ether oxygens (including phenoxy) is 2. The highest BCUT2D eigenvalue weighted by molar-refractivity contribution is 7.92. The number of anilines is 1. The van der Waals surface area contributed by atoms with Gasteiger partial charge in [-0.15, -0.1) is 0 Å². The second-order valence-corrected chi connectivity index (χ2v) is 8.83. The first-order valence-electron chi connectivity index (χ1n) is 9.43. The predicted molar refractivity (Wildman–Crippen MR) is 123 cm³/mol. The van der Waals surface area contributed by atoms with Crippen LogP contribution in [0.1, 0.15) is 16.7 Å². The molecule has 0 fully saturated rings. The van der Waals surface area contributed by atoms with Crippen molar-refractivity contribution in [3.8, 4) is 11.5 Å². The van der Waals surface area contributed by atoms with Crippen LogP contribution in [0.2, 0.25) is 0 Å². The van der Waals surface area contributed by atoms with Gasteiger partial charge in [0.2, 0.25) is 10.0 Å². The van der Waals surface area contributed by atoms with Crippen molar-refractivity contribution in [1.82, 2.24) is 5.43 Å². The van der Waals surface area contributed by atoms with Gasteiger partial charge in [0.15, 0.2) is 11.5 Å². The Kier molecular flexibility index (Phi) is 8.21. The van der Waals surface area contributed by atoms with E-state index in [1.807, 2.05) is 19.9 Å². The summed E-state index contributed by atoms with van der Waals surface area (Å²) in [4.78, 5) is 12.3. The number of hydrogen-bond acceptors (Lipinski definition) is 6. The molecular weight excluding hydrogens is 418 g/mol. The Hall–Kier alpha value is -3.33. The number of hydrazone groups is 1. The largest absolute Gasteiger partial charge is 0.493 e. The molecule has 0 saturated carbocycles. The van der Waals surface area contributed by atoms with E-state index in [1.165, 1.54) is 13.3 Å². The Balaban J connectivity index is 2.10. The summed E-state index contributed by atoms with van der Waals surface area (Å²) in [5.74, 6) is 0.495. The summed E-state index contributed by atoms with van der Waals surface area (Å²) in [7, 11) is -2.14. The maximum atomic E-state index is 12.3. The third-order valence-corrected chi connectivity index (χ3v) is 5.27. The van der Waals surface area contributed by atoms with E-state index in [1.54, 1.807) is 36.4 Å². The molecule has 0 saturated heterocycles. The zero-order chi connectivity index (χ0) is 23.0. The van der Waals surface area contributed by atoms with Crippen molar-refractivity contribution in [2.24, 2.45) is 5.10 Å². The number of aryl methyl sites for hydroxylation is 2. The van der Waals surface area contributed by atoms with E-state index in [2.05, 4.69) is 17.1 Å². The molecule has 31 heavy (non-hydrogen) atoms. The lowest BCUT2D eigenvalue weighted by Crippen LogP contribution is -2.39. The molecule has 0 atom stereocenters. The van der Waals surface area contributed by atoms with Crippen LogP contribution in [0.25, 0.3) is 0 Å². The van der Waals surface area contributed by atoms with E-state index in [0.717, 1.165) is 21.7 Å². The molecule has 1 amide bonds. The molecule has 0 spiro atoms. The van der Waals surface area contributed by atoms with Crippen molar-refractivity contribution >= 4 is 27.8 Å². The number of carbonyl (C=O) groups excluding carboxylic acids is 1. The molecule has 0 aliphatic heterocycles. The third-order valence-electron chi connectivity index (χ3n) is 4.13. The van der Waals surface area contributed by atoms with Gasteiger partial charge >= 0.3 is 0 Å². The van der Waals surface area contributed by atoms with Gasteiger partial charge in [-0.1, -0.05) is 18.7 Å². The molecular formula is C22H27N3O5S. The van der Waals surface area contributed by atoms with Gasteiger partial charge in [-0.3, -0.25) is 9.10 Å². The molecule has 0 heterocycles. The van der Waals surface area contributed by atoms with Crippen molar-refractivity contribution in [2.75, 3.05) is 30.8 Å². The van der Waals surface area contributed by atoms with Crippen LogP contribution in [0.3, 0.4) is 0 Å². The van der Waals surface area contributed by atoms with E-state index in [0.29, 0.717) is 29.4 Å².